The summed E-state index contributed by atoms with van der Waals surface area (Å²) in [6, 6.07) is 15.9. The van der Waals surface area contributed by atoms with Crippen LogP contribution in [-0.2, 0) is 41.7 Å². The van der Waals surface area contributed by atoms with Gasteiger partial charge < -0.3 is 5.32 Å². The molecule has 1 aromatic heterocycles. The van der Waals surface area contributed by atoms with E-state index < -0.39 is 11.0 Å². The van der Waals surface area contributed by atoms with Crippen LogP contribution >= 0.6 is 11.3 Å². The number of amides is 1. The molecule has 6 nitrogen and oxygen atoms in total. The van der Waals surface area contributed by atoms with Crippen LogP contribution in [0, 0.1) is 17.1 Å². The molecule has 2 aromatic carbocycles. The van der Waals surface area contributed by atoms with Crippen LogP contribution in [0.2, 0.25) is 0 Å². The highest BCUT2D eigenvalue weighted by molar-refractivity contribution is 7.83. The Kier molecular flexibility index (Phi) is 7.30. The standard InChI is InChI=1S/C24H23FN4O2S2/c1-27-33(31)19-7-5-16(6-8-19)12-23(30)28-24-21(13-26)20-9-10-29(15-22(20)32-24)14-17-3-2-4-18(25)11-17/h2-8,11,27H,9-10,12,14-15H2,1H3,(H,28,30). The molecule has 0 saturated heterocycles. The van der Waals surface area contributed by atoms with Crippen molar-refractivity contribution in [1.29, 1.82) is 5.26 Å². The molecule has 0 bridgehead atoms. The van der Waals surface area contributed by atoms with Gasteiger partial charge in [-0.25, -0.2) is 13.3 Å². The van der Waals surface area contributed by atoms with Crippen molar-refractivity contribution >= 4 is 33.2 Å². The fraction of sp³-hybridized carbons (Fsp3) is 0.250. The predicted octanol–water partition coefficient (Wildman–Crippen LogP) is 3.74. The van der Waals surface area contributed by atoms with E-state index in [0.717, 1.165) is 28.1 Å². The summed E-state index contributed by atoms with van der Waals surface area (Å²) >= 11 is 1.43. The van der Waals surface area contributed by atoms with E-state index in [-0.39, 0.29) is 18.1 Å². The van der Waals surface area contributed by atoms with Crippen LogP contribution < -0.4 is 10.0 Å². The van der Waals surface area contributed by atoms with E-state index in [2.05, 4.69) is 21.0 Å². The van der Waals surface area contributed by atoms with Gasteiger partial charge in [-0.2, -0.15) is 5.26 Å². The van der Waals surface area contributed by atoms with E-state index in [1.54, 1.807) is 43.4 Å². The lowest BCUT2D eigenvalue weighted by Gasteiger charge is -2.26. The van der Waals surface area contributed by atoms with E-state index in [4.69, 9.17) is 0 Å². The van der Waals surface area contributed by atoms with Gasteiger partial charge >= 0.3 is 0 Å². The van der Waals surface area contributed by atoms with Crippen LogP contribution in [0.1, 0.15) is 27.1 Å². The lowest BCUT2D eigenvalue weighted by atomic mass is 10.0. The zero-order valence-electron chi connectivity index (χ0n) is 18.1. The molecule has 0 saturated carbocycles. The maximum atomic E-state index is 13.5. The van der Waals surface area contributed by atoms with E-state index in [0.29, 0.717) is 35.0 Å². The average molecular weight is 483 g/mol. The SMILES string of the molecule is CNS(=O)c1ccc(CC(=O)Nc2sc3c(c2C#N)CCN(Cc2cccc(F)c2)C3)cc1. The van der Waals surface area contributed by atoms with Gasteiger partial charge in [0, 0.05) is 24.5 Å². The zero-order valence-corrected chi connectivity index (χ0v) is 19.7. The molecule has 9 heteroatoms. The number of hydrogen-bond donors (Lipinski definition) is 2. The minimum atomic E-state index is -1.27. The highest BCUT2D eigenvalue weighted by atomic mass is 32.2. The van der Waals surface area contributed by atoms with Crippen LogP contribution in [0.5, 0.6) is 0 Å². The number of nitriles is 1. The molecule has 1 atom stereocenters. The third-order valence-electron chi connectivity index (χ3n) is 5.48. The summed E-state index contributed by atoms with van der Waals surface area (Å²) in [6.45, 7) is 2.06. The van der Waals surface area contributed by atoms with E-state index in [9.17, 15) is 18.7 Å². The van der Waals surface area contributed by atoms with Crippen LogP contribution in [0.4, 0.5) is 9.39 Å². The fourth-order valence-electron chi connectivity index (χ4n) is 3.90. The van der Waals surface area contributed by atoms with Gasteiger partial charge in [0.1, 0.15) is 27.9 Å². The normalized spacial score (nSPS) is 14.3. The van der Waals surface area contributed by atoms with Crippen molar-refractivity contribution in [3.05, 3.63) is 81.5 Å². The second-order valence-corrected chi connectivity index (χ2v) is 10.3. The van der Waals surface area contributed by atoms with Gasteiger partial charge in [0.2, 0.25) is 5.91 Å². The first kappa shape index (κ1) is 23.3. The maximum absolute atomic E-state index is 13.5. The number of halogens is 1. The zero-order chi connectivity index (χ0) is 23.4. The first-order chi connectivity index (χ1) is 16.0. The number of rotatable bonds is 7. The summed E-state index contributed by atoms with van der Waals surface area (Å²) in [5, 5.41) is 13.2. The topological polar surface area (TPSA) is 85.2 Å². The Bertz CT molecular complexity index is 1230. The molecule has 33 heavy (non-hydrogen) atoms. The molecule has 4 rings (SSSR count). The van der Waals surface area contributed by atoms with Gasteiger partial charge in [0.05, 0.1) is 16.9 Å². The lowest BCUT2D eigenvalue weighted by molar-refractivity contribution is -0.115. The number of carbonyl (C=O) groups is 1. The van der Waals surface area contributed by atoms with Gasteiger partial charge in [-0.15, -0.1) is 11.3 Å². The van der Waals surface area contributed by atoms with Crippen molar-refractivity contribution in [3.63, 3.8) is 0 Å². The molecule has 0 radical (unpaired) electrons. The molecule has 170 valence electrons. The Balaban J connectivity index is 1.43. The van der Waals surface area contributed by atoms with Crippen LogP contribution in [-0.4, -0.2) is 28.6 Å². The Labute approximate surface area is 198 Å². The predicted molar refractivity (Wildman–Crippen MR) is 127 cm³/mol. The molecule has 0 spiro atoms. The van der Waals surface area contributed by atoms with Crippen molar-refractivity contribution in [2.75, 3.05) is 18.9 Å². The second kappa shape index (κ2) is 10.4. The molecule has 2 N–H and O–H groups in total. The first-order valence-electron chi connectivity index (χ1n) is 10.5. The summed E-state index contributed by atoms with van der Waals surface area (Å²) < 4.78 is 27.9. The molecule has 1 aliphatic rings. The maximum Gasteiger partial charge on any atom is 0.229 e. The van der Waals surface area contributed by atoms with Gasteiger partial charge in [-0.3, -0.25) is 9.69 Å². The third kappa shape index (κ3) is 5.54. The highest BCUT2D eigenvalue weighted by Crippen LogP contribution is 2.37. The number of thiophene rings is 1. The van der Waals surface area contributed by atoms with Crippen molar-refractivity contribution < 1.29 is 13.4 Å². The molecule has 0 aliphatic carbocycles. The summed E-state index contributed by atoms with van der Waals surface area (Å²) in [5.41, 5.74) is 3.24. The summed E-state index contributed by atoms with van der Waals surface area (Å²) in [6.07, 6.45) is 0.871. The first-order valence-corrected chi connectivity index (χ1v) is 12.4. The number of anilines is 1. The number of nitrogens with one attached hydrogen (secondary N) is 2. The van der Waals surface area contributed by atoms with E-state index in [1.807, 2.05) is 6.07 Å². The molecule has 1 unspecified atom stereocenters. The molecular formula is C24H23FN4O2S2. The third-order valence-corrected chi connectivity index (χ3v) is 7.69. The van der Waals surface area contributed by atoms with Crippen molar-refractivity contribution in [2.24, 2.45) is 0 Å². The number of carbonyl (C=O) groups excluding carboxylic acids is 1. The van der Waals surface area contributed by atoms with Gasteiger partial charge in [0.25, 0.3) is 0 Å². The summed E-state index contributed by atoms with van der Waals surface area (Å²) in [7, 11) is 0.348. The van der Waals surface area contributed by atoms with Crippen molar-refractivity contribution in [1.82, 2.24) is 9.62 Å². The fourth-order valence-corrected chi connectivity index (χ4v) is 5.77. The monoisotopic (exact) mass is 482 g/mol. The summed E-state index contributed by atoms with van der Waals surface area (Å²) in [4.78, 5) is 16.6. The molecule has 1 amide bonds. The van der Waals surface area contributed by atoms with Crippen LogP contribution in [0.3, 0.4) is 0 Å². The van der Waals surface area contributed by atoms with Crippen molar-refractivity contribution in [3.8, 4) is 6.07 Å². The number of benzene rings is 2. The average Bonchev–Trinajstić information content (AvgIpc) is 3.14. The smallest absolute Gasteiger partial charge is 0.229 e. The lowest BCUT2D eigenvalue weighted by Crippen LogP contribution is -2.29. The van der Waals surface area contributed by atoms with E-state index >= 15 is 0 Å². The Morgan fingerprint density at radius 2 is 2.03 bits per heavy atom. The van der Waals surface area contributed by atoms with Crippen LogP contribution in [0.15, 0.2) is 53.4 Å². The minimum absolute atomic E-state index is 0.158. The van der Waals surface area contributed by atoms with Gasteiger partial charge in [-0.05, 0) is 54.4 Å². The van der Waals surface area contributed by atoms with Gasteiger partial charge in [-0.1, -0.05) is 24.3 Å². The molecular weight excluding hydrogens is 459 g/mol. The summed E-state index contributed by atoms with van der Waals surface area (Å²) in [5.74, 6) is -0.452. The van der Waals surface area contributed by atoms with Crippen molar-refractivity contribution in [2.45, 2.75) is 30.8 Å². The number of hydrogen-bond acceptors (Lipinski definition) is 5. The Morgan fingerprint density at radius 3 is 2.73 bits per heavy atom. The number of nitrogens with zero attached hydrogens (tertiary/aromatic N) is 2. The molecule has 2 heterocycles. The molecule has 1 aliphatic heterocycles. The Hall–Kier alpha value is -2.90. The van der Waals surface area contributed by atoms with Gasteiger partial charge in [0.15, 0.2) is 0 Å². The second-order valence-electron chi connectivity index (χ2n) is 7.75. The highest BCUT2D eigenvalue weighted by Gasteiger charge is 2.25. The Morgan fingerprint density at radius 1 is 1.24 bits per heavy atom. The van der Waals surface area contributed by atoms with Crippen LogP contribution in [0.25, 0.3) is 0 Å². The number of fused-ring (bicyclic) bond motifs is 1. The molecule has 0 fully saturated rings. The molecule has 3 aromatic rings. The van der Waals surface area contributed by atoms with E-state index in [1.165, 1.54) is 17.4 Å². The quantitative estimate of drug-likeness (QED) is 0.537. The minimum Gasteiger partial charge on any atom is -0.316 e. The largest absolute Gasteiger partial charge is 0.316 e.